The molecule has 0 unspecified atom stereocenters. The summed E-state index contributed by atoms with van der Waals surface area (Å²) in [7, 11) is 3.42. The summed E-state index contributed by atoms with van der Waals surface area (Å²) in [5.74, 6) is 1.36. The van der Waals surface area contributed by atoms with Crippen molar-refractivity contribution in [2.75, 3.05) is 6.54 Å². The van der Waals surface area contributed by atoms with Gasteiger partial charge in [-0.3, -0.25) is 7.05 Å². The van der Waals surface area contributed by atoms with Crippen molar-refractivity contribution in [1.29, 1.82) is 0 Å². The van der Waals surface area contributed by atoms with E-state index in [2.05, 4.69) is 36.2 Å². The van der Waals surface area contributed by atoms with Gasteiger partial charge in [0, 0.05) is 72.0 Å². The minimum Gasteiger partial charge on any atom is -0.525 e. The van der Waals surface area contributed by atoms with Crippen LogP contribution < -0.4 is 16.0 Å². The molecule has 0 aromatic carbocycles. The molecule has 0 rings (SSSR count). The third-order valence-corrected chi connectivity index (χ3v) is 0.905. The van der Waals surface area contributed by atoms with E-state index in [1.165, 1.54) is 0 Å². The first kappa shape index (κ1) is 23.7. The van der Waals surface area contributed by atoms with E-state index in [1.54, 1.807) is 0 Å². The van der Waals surface area contributed by atoms with E-state index in [9.17, 15) is 0 Å². The maximum atomic E-state index is 3.68. The second kappa shape index (κ2) is 15.6. The average molecular weight is 334 g/mol. The monoisotopic (exact) mass is 334 g/mol. The van der Waals surface area contributed by atoms with Gasteiger partial charge in [0.2, 0.25) is 0 Å². The maximum absolute atomic E-state index is 3.68. The van der Waals surface area contributed by atoms with Crippen LogP contribution >= 0.6 is 0 Å². The molecule has 5 heteroatoms. The van der Waals surface area contributed by atoms with Crippen LogP contribution in [0.2, 0.25) is 0 Å². The Kier molecular flexibility index (Phi) is 28.4. The summed E-state index contributed by atoms with van der Waals surface area (Å²) >= 11 is 0. The number of hydrogen-bond acceptors (Lipinski definition) is 3. The molecule has 0 aliphatic rings. The molecule has 0 saturated carbocycles. The van der Waals surface area contributed by atoms with Crippen molar-refractivity contribution >= 4 is 0 Å². The summed E-state index contributed by atoms with van der Waals surface area (Å²) in [6.07, 6.45) is 0. The molecule has 0 bridgehead atoms. The Morgan fingerprint density at radius 1 is 1.23 bits per heavy atom. The van der Waals surface area contributed by atoms with E-state index < -0.39 is 0 Å². The van der Waals surface area contributed by atoms with Crippen molar-refractivity contribution in [3.8, 4) is 0 Å². The van der Waals surface area contributed by atoms with E-state index in [0.717, 1.165) is 12.4 Å². The summed E-state index contributed by atoms with van der Waals surface area (Å²) < 4.78 is 0. The molecule has 3 nitrogen and oxygen atoms in total. The van der Waals surface area contributed by atoms with E-state index in [0.29, 0.717) is 5.82 Å². The normalized spacial score (nSPS) is 6.31. The van der Waals surface area contributed by atoms with Gasteiger partial charge >= 0.3 is 0 Å². The minimum atomic E-state index is 0. The number of nitrogens with one attached hydrogen (secondary N) is 3. The van der Waals surface area contributed by atoms with E-state index >= 15 is 0 Å². The average Bonchev–Trinajstić information content (AvgIpc) is 1.88. The van der Waals surface area contributed by atoms with Crippen LogP contribution in [0.3, 0.4) is 0 Å². The Morgan fingerprint density at radius 3 is 2.00 bits per heavy atom. The standard InChI is InChI=1S/C7H14N3.CH4.2Y/c1-5-9-7(3)10-6(2)8-4;;;/h8-10H,2-5H2,1H3;1H4;;/q-1;;;. The van der Waals surface area contributed by atoms with Crippen LogP contribution in [0.4, 0.5) is 0 Å². The molecule has 0 aliphatic carbocycles. The molecule has 0 saturated heterocycles. The summed E-state index contributed by atoms with van der Waals surface area (Å²) in [6, 6.07) is 0. The van der Waals surface area contributed by atoms with E-state index in [-0.39, 0.29) is 72.8 Å². The predicted octanol–water partition coefficient (Wildman–Crippen LogP) is 1.14. The molecule has 0 atom stereocenters. The zero-order valence-corrected chi connectivity index (χ0v) is 13.2. The van der Waals surface area contributed by atoms with Gasteiger partial charge in [0.05, 0.1) is 11.6 Å². The second-order valence-corrected chi connectivity index (χ2v) is 1.79. The predicted molar refractivity (Wildman–Crippen MR) is 50.3 cm³/mol. The molecule has 0 aromatic rings. The fourth-order valence-electron chi connectivity index (χ4n) is 0.484. The first-order valence-electron chi connectivity index (χ1n) is 3.12. The van der Waals surface area contributed by atoms with Gasteiger partial charge in [-0.25, -0.2) is 0 Å². The van der Waals surface area contributed by atoms with Gasteiger partial charge < -0.3 is 16.0 Å². The van der Waals surface area contributed by atoms with Crippen LogP contribution in [-0.2, 0) is 65.4 Å². The van der Waals surface area contributed by atoms with Gasteiger partial charge in [0.25, 0.3) is 0 Å². The largest absolute Gasteiger partial charge is 0.525 e. The van der Waals surface area contributed by atoms with Gasteiger partial charge in [-0.2, -0.15) is 0 Å². The van der Waals surface area contributed by atoms with Crippen molar-refractivity contribution in [3.63, 3.8) is 0 Å². The third kappa shape index (κ3) is 15.8. The number of hydrogen-bond donors (Lipinski definition) is 3. The van der Waals surface area contributed by atoms with Crippen LogP contribution in [0.1, 0.15) is 14.4 Å². The first-order chi connectivity index (χ1) is 4.70. The van der Waals surface area contributed by atoms with Crippen molar-refractivity contribution in [3.05, 3.63) is 31.8 Å². The van der Waals surface area contributed by atoms with Crippen LogP contribution in [-0.4, -0.2) is 6.54 Å². The van der Waals surface area contributed by atoms with Crippen molar-refractivity contribution < 1.29 is 65.4 Å². The Hall–Kier alpha value is 1.09. The number of rotatable bonds is 5. The van der Waals surface area contributed by atoms with Crippen molar-refractivity contribution in [2.24, 2.45) is 0 Å². The van der Waals surface area contributed by atoms with Gasteiger partial charge in [-0.15, -0.1) is 0 Å². The zero-order valence-electron chi connectivity index (χ0n) is 7.48. The summed E-state index contributed by atoms with van der Waals surface area (Å²) in [6.45, 7) is 10.1. The van der Waals surface area contributed by atoms with Gasteiger partial charge in [0.15, 0.2) is 0 Å². The molecule has 0 amide bonds. The molecule has 2 radical (unpaired) electrons. The van der Waals surface area contributed by atoms with Crippen LogP contribution in [0.15, 0.2) is 24.8 Å². The Bertz CT molecular complexity index is 137. The first-order valence-corrected chi connectivity index (χ1v) is 3.12. The molecule has 0 heterocycles. The van der Waals surface area contributed by atoms with Crippen LogP contribution in [0.5, 0.6) is 0 Å². The molecule has 3 N–H and O–H groups in total. The van der Waals surface area contributed by atoms with Crippen LogP contribution in [0, 0.1) is 7.05 Å². The fourth-order valence-corrected chi connectivity index (χ4v) is 0.484. The maximum Gasteiger partial charge on any atom is 0.0967 e. The van der Waals surface area contributed by atoms with Crippen LogP contribution in [0.25, 0.3) is 0 Å². The minimum absolute atomic E-state index is 0. The van der Waals surface area contributed by atoms with Gasteiger partial charge in [-0.1, -0.05) is 20.6 Å². The quantitative estimate of drug-likeness (QED) is 0.660. The van der Waals surface area contributed by atoms with E-state index in [1.807, 2.05) is 6.92 Å². The molecular formula is C8H18N3Y2-. The van der Waals surface area contributed by atoms with Crippen molar-refractivity contribution in [1.82, 2.24) is 16.0 Å². The zero-order chi connectivity index (χ0) is 7.98. The summed E-state index contributed by atoms with van der Waals surface area (Å²) in [5.41, 5.74) is 0. The topological polar surface area (TPSA) is 36.1 Å². The molecule has 13 heavy (non-hydrogen) atoms. The SMILES string of the molecule is C.C=C(N[CH2-])NC(=C)NCC.[Y].[Y]. The van der Waals surface area contributed by atoms with Crippen molar-refractivity contribution in [2.45, 2.75) is 14.4 Å². The molecule has 0 aromatic heterocycles. The fraction of sp³-hybridized carbons (Fsp3) is 0.375. The Balaban J connectivity index is -0.000000135. The Morgan fingerprint density at radius 2 is 1.69 bits per heavy atom. The molecule has 0 fully saturated rings. The molecule has 72 valence electrons. The summed E-state index contributed by atoms with van der Waals surface area (Å²) in [4.78, 5) is 0. The second-order valence-electron chi connectivity index (χ2n) is 1.79. The van der Waals surface area contributed by atoms with Gasteiger partial charge in [-0.05, 0) is 6.92 Å². The smallest absolute Gasteiger partial charge is 0.0967 e. The molecule has 0 spiro atoms. The molecular weight excluding hydrogens is 316 g/mol. The van der Waals surface area contributed by atoms with Gasteiger partial charge in [0.1, 0.15) is 0 Å². The van der Waals surface area contributed by atoms with E-state index in [4.69, 9.17) is 0 Å². The third-order valence-electron chi connectivity index (χ3n) is 0.905. The summed E-state index contributed by atoms with van der Waals surface area (Å²) in [5, 5.41) is 8.43. The Labute approximate surface area is 132 Å². The molecule has 0 aliphatic heterocycles.